The molecular formula is C20H27ClN4O4. The van der Waals surface area contributed by atoms with Crippen molar-refractivity contribution in [2.75, 3.05) is 33.3 Å². The SMILES string of the molecule is COC1=C(c2ccc(C(=N)N)cc2)C(=O)N(C2CCN(CCC(=O)O)CC2)C1.Cl. The van der Waals surface area contributed by atoms with Crippen LogP contribution in [0.2, 0.25) is 0 Å². The summed E-state index contributed by atoms with van der Waals surface area (Å²) < 4.78 is 5.51. The van der Waals surface area contributed by atoms with Crippen LogP contribution < -0.4 is 5.73 Å². The number of nitrogens with zero attached hydrogens (tertiary/aromatic N) is 2. The molecule has 1 saturated heterocycles. The van der Waals surface area contributed by atoms with Crippen LogP contribution in [0.15, 0.2) is 30.0 Å². The summed E-state index contributed by atoms with van der Waals surface area (Å²) in [5.74, 6) is -0.196. The van der Waals surface area contributed by atoms with Gasteiger partial charge in [0.1, 0.15) is 11.6 Å². The zero-order valence-electron chi connectivity index (χ0n) is 16.4. The third-order valence-electron chi connectivity index (χ3n) is 5.44. The van der Waals surface area contributed by atoms with Crippen molar-refractivity contribution in [1.82, 2.24) is 9.80 Å². The quantitative estimate of drug-likeness (QED) is 0.452. The molecule has 0 spiro atoms. The first-order valence-corrected chi connectivity index (χ1v) is 9.37. The van der Waals surface area contributed by atoms with E-state index in [1.54, 1.807) is 31.4 Å². The van der Waals surface area contributed by atoms with Crippen molar-refractivity contribution >= 4 is 35.7 Å². The fourth-order valence-electron chi connectivity index (χ4n) is 3.84. The van der Waals surface area contributed by atoms with Gasteiger partial charge < -0.3 is 25.4 Å². The number of likely N-dealkylation sites (tertiary alicyclic amines) is 1. The van der Waals surface area contributed by atoms with Crippen molar-refractivity contribution < 1.29 is 19.4 Å². The molecule has 8 nitrogen and oxygen atoms in total. The van der Waals surface area contributed by atoms with Crippen LogP contribution in [0.25, 0.3) is 5.57 Å². The zero-order chi connectivity index (χ0) is 20.3. The molecule has 29 heavy (non-hydrogen) atoms. The molecule has 3 rings (SSSR count). The molecule has 1 aromatic carbocycles. The number of nitrogen functional groups attached to an aromatic ring is 1. The van der Waals surface area contributed by atoms with Crippen LogP contribution in [-0.4, -0.2) is 71.9 Å². The van der Waals surface area contributed by atoms with Crippen LogP contribution in [0.4, 0.5) is 0 Å². The number of amidine groups is 1. The minimum Gasteiger partial charge on any atom is -0.498 e. The zero-order valence-corrected chi connectivity index (χ0v) is 17.2. The summed E-state index contributed by atoms with van der Waals surface area (Å²) >= 11 is 0. The number of ether oxygens (including phenoxy) is 1. The van der Waals surface area contributed by atoms with Gasteiger partial charge in [-0.2, -0.15) is 0 Å². The molecule has 1 fully saturated rings. The summed E-state index contributed by atoms with van der Waals surface area (Å²) in [4.78, 5) is 27.9. The van der Waals surface area contributed by atoms with Crippen LogP contribution in [0.1, 0.15) is 30.4 Å². The van der Waals surface area contributed by atoms with Gasteiger partial charge in [0.15, 0.2) is 0 Å². The molecule has 2 heterocycles. The van der Waals surface area contributed by atoms with E-state index in [0.717, 1.165) is 31.5 Å². The fraction of sp³-hybridized carbons (Fsp3) is 0.450. The molecule has 0 saturated carbocycles. The number of methoxy groups -OCH3 is 1. The third kappa shape index (κ3) is 5.07. The van der Waals surface area contributed by atoms with E-state index in [2.05, 4.69) is 4.90 Å². The number of carbonyl (C=O) groups excluding carboxylic acids is 1. The number of carbonyl (C=O) groups is 2. The molecule has 158 valence electrons. The highest BCUT2D eigenvalue weighted by Gasteiger charge is 2.37. The molecular weight excluding hydrogens is 396 g/mol. The van der Waals surface area contributed by atoms with E-state index < -0.39 is 5.97 Å². The summed E-state index contributed by atoms with van der Waals surface area (Å²) in [5, 5.41) is 16.3. The highest BCUT2D eigenvalue weighted by molar-refractivity contribution is 6.22. The van der Waals surface area contributed by atoms with Gasteiger partial charge in [-0.05, 0) is 18.4 Å². The molecule has 2 aliphatic rings. The molecule has 0 aliphatic carbocycles. The number of benzene rings is 1. The normalized spacial score (nSPS) is 18.0. The Bertz CT molecular complexity index is 801. The Morgan fingerprint density at radius 2 is 1.90 bits per heavy atom. The van der Waals surface area contributed by atoms with Crippen molar-refractivity contribution in [3.63, 3.8) is 0 Å². The van der Waals surface area contributed by atoms with Crippen molar-refractivity contribution in [1.29, 1.82) is 5.41 Å². The molecule has 1 amide bonds. The van der Waals surface area contributed by atoms with E-state index in [1.165, 1.54) is 0 Å². The molecule has 0 atom stereocenters. The van der Waals surface area contributed by atoms with Crippen molar-refractivity contribution in [2.24, 2.45) is 5.73 Å². The number of rotatable bonds is 7. The Labute approximate surface area is 176 Å². The standard InChI is InChI=1S/C20H26N4O4.ClH/c1-28-16-12-24(15-6-9-23(10-7-15)11-8-17(25)26)20(27)18(16)13-2-4-14(5-3-13)19(21)22;/h2-5,15H,6-12H2,1H3,(H3,21,22)(H,25,26);1H. The number of nitrogens with two attached hydrogens (primary N) is 1. The smallest absolute Gasteiger partial charge is 0.304 e. The number of piperidine rings is 1. The number of aliphatic carboxylic acids is 1. The second kappa shape index (κ2) is 9.76. The Balaban J connectivity index is 0.00000300. The first-order chi connectivity index (χ1) is 13.4. The number of hydrogen-bond donors (Lipinski definition) is 3. The van der Waals surface area contributed by atoms with Gasteiger partial charge >= 0.3 is 5.97 Å². The second-order valence-corrected chi connectivity index (χ2v) is 7.14. The highest BCUT2D eigenvalue weighted by Crippen LogP contribution is 2.32. The number of hydrogen-bond acceptors (Lipinski definition) is 5. The summed E-state index contributed by atoms with van der Waals surface area (Å²) in [6, 6.07) is 7.17. The van der Waals surface area contributed by atoms with E-state index >= 15 is 0 Å². The average molecular weight is 423 g/mol. The summed E-state index contributed by atoms with van der Waals surface area (Å²) in [5.41, 5.74) is 7.43. The number of nitrogens with one attached hydrogen (secondary N) is 1. The predicted molar refractivity (Wildman–Crippen MR) is 112 cm³/mol. The van der Waals surface area contributed by atoms with Crippen LogP contribution in [0.5, 0.6) is 0 Å². The van der Waals surface area contributed by atoms with Crippen LogP contribution in [-0.2, 0) is 14.3 Å². The first-order valence-electron chi connectivity index (χ1n) is 9.37. The van der Waals surface area contributed by atoms with E-state index in [-0.39, 0.29) is 36.6 Å². The number of carboxylic acids is 1. The number of carboxylic acid groups (broad SMARTS) is 1. The Morgan fingerprint density at radius 3 is 2.41 bits per heavy atom. The van der Waals surface area contributed by atoms with Crippen molar-refractivity contribution in [2.45, 2.75) is 25.3 Å². The summed E-state index contributed by atoms with van der Waals surface area (Å²) in [7, 11) is 1.57. The lowest BCUT2D eigenvalue weighted by molar-refractivity contribution is -0.137. The Kier molecular flexibility index (Phi) is 7.64. The Hall–Kier alpha value is -2.58. The monoisotopic (exact) mass is 422 g/mol. The minimum atomic E-state index is -0.786. The van der Waals surface area contributed by atoms with Crippen molar-refractivity contribution in [3.8, 4) is 0 Å². The maximum Gasteiger partial charge on any atom is 0.304 e. The summed E-state index contributed by atoms with van der Waals surface area (Å²) in [6.07, 6.45) is 1.78. The topological polar surface area (TPSA) is 120 Å². The number of halogens is 1. The van der Waals surface area contributed by atoms with E-state index in [4.69, 9.17) is 21.0 Å². The van der Waals surface area contributed by atoms with E-state index in [1.807, 2.05) is 4.90 Å². The molecule has 0 radical (unpaired) electrons. The Morgan fingerprint density at radius 1 is 1.28 bits per heavy atom. The van der Waals surface area contributed by atoms with Gasteiger partial charge in [-0.25, -0.2) is 0 Å². The largest absolute Gasteiger partial charge is 0.498 e. The molecule has 0 bridgehead atoms. The first kappa shape index (κ1) is 22.7. The minimum absolute atomic E-state index is 0. The van der Waals surface area contributed by atoms with Gasteiger partial charge in [-0.15, -0.1) is 12.4 Å². The van der Waals surface area contributed by atoms with Gasteiger partial charge in [0.25, 0.3) is 5.91 Å². The molecule has 1 aromatic rings. The lowest BCUT2D eigenvalue weighted by atomic mass is 10.0. The average Bonchev–Trinajstić information content (AvgIpc) is 3.03. The predicted octanol–water partition coefficient (Wildman–Crippen LogP) is 1.53. The second-order valence-electron chi connectivity index (χ2n) is 7.14. The highest BCUT2D eigenvalue weighted by atomic mass is 35.5. The lowest BCUT2D eigenvalue weighted by Crippen LogP contribution is -2.46. The maximum absolute atomic E-state index is 13.1. The van der Waals surface area contributed by atoms with Gasteiger partial charge in [0.05, 0.1) is 25.6 Å². The fourth-order valence-corrected chi connectivity index (χ4v) is 3.84. The number of amides is 1. The molecule has 0 aromatic heterocycles. The van der Waals surface area contributed by atoms with Crippen molar-refractivity contribution in [3.05, 3.63) is 41.2 Å². The molecule has 2 aliphatic heterocycles. The summed E-state index contributed by atoms with van der Waals surface area (Å²) in [6.45, 7) is 2.56. The van der Waals surface area contributed by atoms with Gasteiger partial charge in [-0.1, -0.05) is 24.3 Å². The van der Waals surface area contributed by atoms with Gasteiger partial charge in [0, 0.05) is 31.2 Å². The maximum atomic E-state index is 13.1. The molecule has 9 heteroatoms. The van der Waals surface area contributed by atoms with E-state index in [0.29, 0.717) is 30.0 Å². The lowest BCUT2D eigenvalue weighted by Gasteiger charge is -2.36. The molecule has 0 unspecified atom stereocenters. The van der Waals surface area contributed by atoms with Gasteiger partial charge in [-0.3, -0.25) is 15.0 Å². The molecule has 4 N–H and O–H groups in total. The van der Waals surface area contributed by atoms with Crippen LogP contribution in [0.3, 0.4) is 0 Å². The van der Waals surface area contributed by atoms with Crippen LogP contribution >= 0.6 is 12.4 Å². The van der Waals surface area contributed by atoms with Gasteiger partial charge in [0.2, 0.25) is 0 Å². The third-order valence-corrected chi connectivity index (χ3v) is 5.44. The van der Waals surface area contributed by atoms with E-state index in [9.17, 15) is 9.59 Å². The van der Waals surface area contributed by atoms with Crippen LogP contribution in [0, 0.1) is 5.41 Å².